The second kappa shape index (κ2) is 12.6. The monoisotopic (exact) mass is 611 g/mol. The highest BCUT2D eigenvalue weighted by atomic mass is 32.2. The SMILES string of the molecule is Cc1cc(C)c(Oc2nc(-c3ccc(OCc4ccccc4)cc3F)ccc2C(=O)CS(=O)(=O)c2cccc(N)n2)c(C)c1. The molecule has 0 unspecified atom stereocenters. The maximum atomic E-state index is 15.4. The van der Waals surface area contributed by atoms with Crippen LogP contribution in [-0.4, -0.2) is 29.9 Å². The third-order valence-electron chi connectivity index (χ3n) is 6.81. The largest absolute Gasteiger partial charge is 0.489 e. The zero-order valence-corrected chi connectivity index (χ0v) is 25.2. The van der Waals surface area contributed by atoms with Crippen molar-refractivity contribution in [2.45, 2.75) is 32.4 Å². The lowest BCUT2D eigenvalue weighted by atomic mass is 10.1. The van der Waals surface area contributed by atoms with Crippen LogP contribution in [0.3, 0.4) is 0 Å². The van der Waals surface area contributed by atoms with Gasteiger partial charge in [0.05, 0.1) is 11.3 Å². The molecule has 224 valence electrons. The van der Waals surface area contributed by atoms with Crippen molar-refractivity contribution in [1.82, 2.24) is 9.97 Å². The van der Waals surface area contributed by atoms with Gasteiger partial charge in [0, 0.05) is 11.6 Å². The zero-order valence-electron chi connectivity index (χ0n) is 24.4. The summed E-state index contributed by atoms with van der Waals surface area (Å²) < 4.78 is 53.4. The molecule has 0 fully saturated rings. The average molecular weight is 612 g/mol. The van der Waals surface area contributed by atoms with Crippen molar-refractivity contribution in [1.29, 1.82) is 0 Å². The number of carbonyl (C=O) groups excluding carboxylic acids is 1. The Morgan fingerprint density at radius 1 is 0.864 bits per heavy atom. The molecule has 5 rings (SSSR count). The van der Waals surface area contributed by atoms with Crippen LogP contribution in [0, 0.1) is 26.6 Å². The molecule has 0 saturated heterocycles. The van der Waals surface area contributed by atoms with Crippen molar-refractivity contribution in [2.24, 2.45) is 0 Å². The van der Waals surface area contributed by atoms with E-state index in [4.69, 9.17) is 15.2 Å². The molecule has 2 aromatic heterocycles. The minimum absolute atomic E-state index is 0.0115. The molecule has 0 aliphatic heterocycles. The fourth-order valence-electron chi connectivity index (χ4n) is 4.77. The van der Waals surface area contributed by atoms with Crippen molar-refractivity contribution in [3.8, 4) is 28.6 Å². The van der Waals surface area contributed by atoms with Gasteiger partial charge in [-0.2, -0.15) is 0 Å². The lowest BCUT2D eigenvalue weighted by molar-refractivity contribution is 0.101. The van der Waals surface area contributed by atoms with E-state index in [0.29, 0.717) is 11.5 Å². The van der Waals surface area contributed by atoms with Crippen LogP contribution in [0.15, 0.2) is 96.0 Å². The van der Waals surface area contributed by atoms with Gasteiger partial charge < -0.3 is 15.2 Å². The molecule has 0 aliphatic carbocycles. The molecule has 0 aliphatic rings. The van der Waals surface area contributed by atoms with E-state index in [9.17, 15) is 13.2 Å². The van der Waals surface area contributed by atoms with Gasteiger partial charge in [0.2, 0.25) is 15.7 Å². The molecule has 0 saturated carbocycles. The van der Waals surface area contributed by atoms with Gasteiger partial charge in [0.1, 0.15) is 35.5 Å². The molecule has 44 heavy (non-hydrogen) atoms. The van der Waals surface area contributed by atoms with Gasteiger partial charge >= 0.3 is 0 Å². The highest BCUT2D eigenvalue weighted by Crippen LogP contribution is 2.34. The van der Waals surface area contributed by atoms with E-state index in [1.165, 1.54) is 42.5 Å². The maximum Gasteiger partial charge on any atom is 0.230 e. The molecule has 0 bridgehead atoms. The number of hydrogen-bond acceptors (Lipinski definition) is 8. The second-order valence-electron chi connectivity index (χ2n) is 10.4. The van der Waals surface area contributed by atoms with E-state index < -0.39 is 27.2 Å². The maximum absolute atomic E-state index is 15.4. The molecule has 2 N–H and O–H groups in total. The molecular formula is C34H30FN3O5S. The van der Waals surface area contributed by atoms with Crippen LogP contribution in [0.4, 0.5) is 10.2 Å². The number of carbonyl (C=O) groups is 1. The highest BCUT2D eigenvalue weighted by Gasteiger charge is 2.26. The number of halogens is 1. The Hall–Kier alpha value is -5.09. The number of aryl methyl sites for hydroxylation is 3. The first-order valence-corrected chi connectivity index (χ1v) is 15.4. The predicted molar refractivity (Wildman–Crippen MR) is 166 cm³/mol. The number of benzene rings is 3. The number of sulfone groups is 1. The number of pyridine rings is 2. The standard InChI is InChI=1S/C34H30FN3O5S/c1-21-16-22(2)33(23(3)17-21)43-34-27(30(39)20-44(40,41)32-11-7-10-31(36)38-32)14-15-29(37-34)26-13-12-25(18-28(26)35)42-19-24-8-5-4-6-9-24/h4-18H,19-20H2,1-3H3,(H2,36,38). The van der Waals surface area contributed by atoms with E-state index in [0.717, 1.165) is 22.3 Å². The molecule has 0 radical (unpaired) electrons. The number of anilines is 1. The third kappa shape index (κ3) is 6.92. The minimum Gasteiger partial charge on any atom is -0.489 e. The number of Topliss-reactive ketones (excluding diaryl/α,β-unsaturated/α-hetero) is 1. The molecule has 8 nitrogen and oxygen atoms in total. The predicted octanol–water partition coefficient (Wildman–Crippen LogP) is 6.82. The fraction of sp³-hybridized carbons (Fsp3) is 0.147. The Balaban J connectivity index is 1.49. The Morgan fingerprint density at radius 2 is 1.59 bits per heavy atom. The molecule has 0 atom stereocenters. The van der Waals surface area contributed by atoms with Crippen molar-refractivity contribution < 1.29 is 27.1 Å². The molecule has 0 amide bonds. The molecule has 10 heteroatoms. The first-order valence-electron chi connectivity index (χ1n) is 13.7. The van der Waals surface area contributed by atoms with Crippen LogP contribution in [0.2, 0.25) is 0 Å². The summed E-state index contributed by atoms with van der Waals surface area (Å²) in [6.07, 6.45) is 0. The lowest BCUT2D eigenvalue weighted by Crippen LogP contribution is -2.19. The van der Waals surface area contributed by atoms with Crippen molar-refractivity contribution in [3.63, 3.8) is 0 Å². The van der Waals surface area contributed by atoms with E-state index in [1.54, 1.807) is 6.07 Å². The fourth-order valence-corrected chi connectivity index (χ4v) is 5.95. The van der Waals surface area contributed by atoms with E-state index >= 15 is 4.39 Å². The smallest absolute Gasteiger partial charge is 0.230 e. The van der Waals surface area contributed by atoms with E-state index in [-0.39, 0.29) is 40.2 Å². The van der Waals surface area contributed by atoms with Crippen LogP contribution >= 0.6 is 0 Å². The summed E-state index contributed by atoms with van der Waals surface area (Å²) in [4.78, 5) is 21.8. The van der Waals surface area contributed by atoms with Crippen LogP contribution < -0.4 is 15.2 Å². The Morgan fingerprint density at radius 3 is 2.27 bits per heavy atom. The quantitative estimate of drug-likeness (QED) is 0.171. The zero-order chi connectivity index (χ0) is 31.4. The summed E-state index contributed by atoms with van der Waals surface area (Å²) in [5, 5.41) is -0.320. The van der Waals surface area contributed by atoms with Crippen molar-refractivity contribution in [3.05, 3.63) is 125 Å². The number of nitrogens with two attached hydrogens (primary N) is 1. The van der Waals surface area contributed by atoms with Crippen LogP contribution in [-0.2, 0) is 16.4 Å². The van der Waals surface area contributed by atoms with E-state index in [1.807, 2.05) is 63.2 Å². The van der Waals surface area contributed by atoms with Gasteiger partial charge in [-0.1, -0.05) is 54.1 Å². The van der Waals surface area contributed by atoms with Gasteiger partial charge in [-0.15, -0.1) is 0 Å². The summed E-state index contributed by atoms with van der Waals surface area (Å²) >= 11 is 0. The molecular weight excluding hydrogens is 581 g/mol. The third-order valence-corrected chi connectivity index (χ3v) is 8.32. The Kier molecular flexibility index (Phi) is 8.73. The number of ether oxygens (including phenoxy) is 2. The van der Waals surface area contributed by atoms with Crippen molar-refractivity contribution >= 4 is 21.4 Å². The van der Waals surface area contributed by atoms with Gasteiger partial charge in [-0.25, -0.2) is 22.8 Å². The van der Waals surface area contributed by atoms with Crippen LogP contribution in [0.1, 0.15) is 32.6 Å². The average Bonchev–Trinajstić information content (AvgIpc) is 2.98. The first kappa shape index (κ1) is 30.4. The highest BCUT2D eigenvalue weighted by molar-refractivity contribution is 7.92. The molecule has 3 aromatic carbocycles. The number of ketones is 1. The number of nitrogens with zero attached hydrogens (tertiary/aromatic N) is 2. The minimum atomic E-state index is -4.14. The Labute approximate surface area is 255 Å². The van der Waals surface area contributed by atoms with Crippen LogP contribution in [0.5, 0.6) is 17.4 Å². The van der Waals surface area contributed by atoms with Crippen molar-refractivity contribution in [2.75, 3.05) is 11.5 Å². The van der Waals surface area contributed by atoms with Gasteiger partial charge in [0.25, 0.3) is 0 Å². The summed E-state index contributed by atoms with van der Waals surface area (Å²) in [5.74, 6) is -1.60. The summed E-state index contributed by atoms with van der Waals surface area (Å²) in [5.41, 5.74) is 9.44. The summed E-state index contributed by atoms with van der Waals surface area (Å²) in [6, 6.07) is 24.8. The van der Waals surface area contributed by atoms with Gasteiger partial charge in [0.15, 0.2) is 10.8 Å². The number of hydrogen-bond donors (Lipinski definition) is 1. The number of nitrogen functional groups attached to an aromatic ring is 1. The second-order valence-corrected chi connectivity index (χ2v) is 12.3. The molecule has 0 spiro atoms. The normalized spacial score (nSPS) is 11.3. The summed E-state index contributed by atoms with van der Waals surface area (Å²) in [7, 11) is -4.14. The van der Waals surface area contributed by atoms with Gasteiger partial charge in [-0.05, 0) is 73.9 Å². The Bertz CT molecular complexity index is 1940. The van der Waals surface area contributed by atoms with Crippen LogP contribution in [0.25, 0.3) is 11.3 Å². The topological polar surface area (TPSA) is 121 Å². The molecule has 2 heterocycles. The molecule has 5 aromatic rings. The summed E-state index contributed by atoms with van der Waals surface area (Å²) in [6.45, 7) is 5.92. The van der Waals surface area contributed by atoms with Gasteiger partial charge in [-0.3, -0.25) is 4.79 Å². The first-order chi connectivity index (χ1) is 21.0. The lowest BCUT2D eigenvalue weighted by Gasteiger charge is -2.16. The number of rotatable bonds is 10. The van der Waals surface area contributed by atoms with E-state index in [2.05, 4.69) is 9.97 Å². The number of aromatic nitrogens is 2.